The van der Waals surface area contributed by atoms with Crippen LogP contribution in [0.3, 0.4) is 0 Å². The van der Waals surface area contributed by atoms with Gasteiger partial charge in [0.15, 0.2) is 0 Å². The van der Waals surface area contributed by atoms with E-state index in [1.54, 1.807) is 0 Å². The molecule has 0 bridgehead atoms. The summed E-state index contributed by atoms with van der Waals surface area (Å²) in [5.74, 6) is 5.05. The Balaban J connectivity index is 2.79. The Labute approximate surface area is 87.0 Å². The fourth-order valence-corrected chi connectivity index (χ4v) is 1.73. The molecule has 7 nitrogen and oxygen atoms in total. The second-order valence-corrected chi connectivity index (χ2v) is 3.63. The van der Waals surface area contributed by atoms with E-state index in [1.165, 1.54) is 0 Å². The summed E-state index contributed by atoms with van der Waals surface area (Å²) in [4.78, 5) is 4.62. The SMILES string of the molecule is NO[C@@](CO)(CCO)[C@H]1OC[C@H](O)[C@H]1O. The molecule has 0 aromatic carbocycles. The van der Waals surface area contributed by atoms with Gasteiger partial charge in [0, 0.05) is 13.0 Å². The van der Waals surface area contributed by atoms with Gasteiger partial charge in [-0.05, 0) is 0 Å². The molecule has 90 valence electrons. The topological polar surface area (TPSA) is 125 Å². The van der Waals surface area contributed by atoms with Gasteiger partial charge in [0.1, 0.15) is 23.9 Å². The maximum atomic E-state index is 9.58. The summed E-state index contributed by atoms with van der Waals surface area (Å²) in [7, 11) is 0. The van der Waals surface area contributed by atoms with Crippen LogP contribution in [0.1, 0.15) is 6.42 Å². The van der Waals surface area contributed by atoms with Crippen LogP contribution < -0.4 is 5.90 Å². The molecule has 0 aromatic rings. The van der Waals surface area contributed by atoms with Gasteiger partial charge in [0.05, 0.1) is 13.2 Å². The van der Waals surface area contributed by atoms with Gasteiger partial charge in [0.25, 0.3) is 0 Å². The van der Waals surface area contributed by atoms with Crippen molar-refractivity contribution in [3.05, 3.63) is 0 Å². The van der Waals surface area contributed by atoms with Crippen molar-refractivity contribution in [3.63, 3.8) is 0 Å². The quantitative estimate of drug-likeness (QED) is 0.317. The third kappa shape index (κ3) is 2.28. The highest BCUT2D eigenvalue weighted by Crippen LogP contribution is 2.29. The van der Waals surface area contributed by atoms with Crippen molar-refractivity contribution in [2.45, 2.75) is 30.3 Å². The number of aliphatic hydroxyl groups excluding tert-OH is 4. The monoisotopic (exact) mass is 223 g/mol. The molecule has 1 rings (SSSR count). The van der Waals surface area contributed by atoms with Gasteiger partial charge in [0.2, 0.25) is 0 Å². The standard InChI is InChI=1S/C8H17NO6/c9-15-8(4-11,1-2-10)7-6(13)5(12)3-14-7/h5-7,10-13H,1-4,9H2/t5-,6+,7-,8+/m0/s1. The Kier molecular flexibility index (Phi) is 4.41. The lowest BCUT2D eigenvalue weighted by molar-refractivity contribution is -0.182. The van der Waals surface area contributed by atoms with E-state index < -0.39 is 30.5 Å². The Hall–Kier alpha value is -0.280. The molecule has 1 aliphatic heterocycles. The third-order valence-electron chi connectivity index (χ3n) is 2.71. The van der Waals surface area contributed by atoms with Crippen molar-refractivity contribution >= 4 is 0 Å². The van der Waals surface area contributed by atoms with Crippen LogP contribution in [0.15, 0.2) is 0 Å². The summed E-state index contributed by atoms with van der Waals surface area (Å²) in [5.41, 5.74) is -1.38. The van der Waals surface area contributed by atoms with E-state index in [1.807, 2.05) is 0 Å². The number of ether oxygens (including phenoxy) is 1. The Morgan fingerprint density at radius 1 is 1.40 bits per heavy atom. The van der Waals surface area contributed by atoms with E-state index in [2.05, 4.69) is 4.84 Å². The number of hydrogen-bond donors (Lipinski definition) is 5. The molecule has 1 aliphatic rings. The summed E-state index contributed by atoms with van der Waals surface area (Å²) >= 11 is 0. The van der Waals surface area contributed by atoms with Crippen LogP contribution in [-0.2, 0) is 9.57 Å². The predicted octanol–water partition coefficient (Wildman–Crippen LogP) is -2.89. The van der Waals surface area contributed by atoms with Crippen molar-refractivity contribution in [2.75, 3.05) is 19.8 Å². The maximum Gasteiger partial charge on any atom is 0.143 e. The molecule has 0 radical (unpaired) electrons. The molecule has 7 heteroatoms. The minimum absolute atomic E-state index is 0.00838. The first-order valence-corrected chi connectivity index (χ1v) is 4.68. The first kappa shape index (κ1) is 12.8. The van der Waals surface area contributed by atoms with Gasteiger partial charge >= 0.3 is 0 Å². The molecule has 0 saturated carbocycles. The van der Waals surface area contributed by atoms with Crippen LogP contribution in [0.5, 0.6) is 0 Å². The van der Waals surface area contributed by atoms with Crippen molar-refractivity contribution in [3.8, 4) is 0 Å². The first-order valence-electron chi connectivity index (χ1n) is 4.68. The largest absolute Gasteiger partial charge is 0.396 e. The van der Waals surface area contributed by atoms with Crippen LogP contribution in [0.4, 0.5) is 0 Å². The molecule has 4 atom stereocenters. The molecule has 0 aromatic heterocycles. The average molecular weight is 223 g/mol. The minimum Gasteiger partial charge on any atom is -0.396 e. The normalized spacial score (nSPS) is 35.4. The lowest BCUT2D eigenvalue weighted by Crippen LogP contribution is -2.55. The second kappa shape index (κ2) is 5.17. The predicted molar refractivity (Wildman–Crippen MR) is 48.5 cm³/mol. The van der Waals surface area contributed by atoms with E-state index in [0.29, 0.717) is 0 Å². The molecule has 1 saturated heterocycles. The van der Waals surface area contributed by atoms with Crippen LogP contribution in [-0.4, -0.2) is 64.2 Å². The molecule has 1 heterocycles. The fourth-order valence-electron chi connectivity index (χ4n) is 1.73. The number of rotatable bonds is 5. The van der Waals surface area contributed by atoms with Crippen molar-refractivity contribution in [2.24, 2.45) is 5.90 Å². The molecule has 1 fully saturated rings. The van der Waals surface area contributed by atoms with Gasteiger partial charge < -0.3 is 25.2 Å². The van der Waals surface area contributed by atoms with Gasteiger partial charge in [-0.3, -0.25) is 4.84 Å². The minimum atomic E-state index is -1.38. The smallest absolute Gasteiger partial charge is 0.143 e. The lowest BCUT2D eigenvalue weighted by Gasteiger charge is -2.35. The van der Waals surface area contributed by atoms with Crippen molar-refractivity contribution in [1.82, 2.24) is 0 Å². The van der Waals surface area contributed by atoms with E-state index in [-0.39, 0.29) is 19.6 Å². The summed E-state index contributed by atoms with van der Waals surface area (Å²) in [6, 6.07) is 0. The summed E-state index contributed by atoms with van der Waals surface area (Å²) in [6.45, 7) is -0.846. The van der Waals surface area contributed by atoms with Crippen molar-refractivity contribution < 1.29 is 30.0 Å². The van der Waals surface area contributed by atoms with E-state index in [0.717, 1.165) is 0 Å². The van der Waals surface area contributed by atoms with Crippen LogP contribution in [0.2, 0.25) is 0 Å². The molecular weight excluding hydrogens is 206 g/mol. The molecular formula is C8H17NO6. The van der Waals surface area contributed by atoms with Gasteiger partial charge in [-0.1, -0.05) is 0 Å². The first-order chi connectivity index (χ1) is 7.11. The molecule has 0 unspecified atom stereocenters. The zero-order valence-electron chi connectivity index (χ0n) is 8.24. The van der Waals surface area contributed by atoms with Crippen LogP contribution >= 0.6 is 0 Å². The third-order valence-corrected chi connectivity index (χ3v) is 2.71. The zero-order valence-corrected chi connectivity index (χ0v) is 8.24. The van der Waals surface area contributed by atoms with E-state index in [4.69, 9.17) is 15.7 Å². The number of hydrogen-bond acceptors (Lipinski definition) is 7. The maximum absolute atomic E-state index is 9.58. The van der Waals surface area contributed by atoms with Gasteiger partial charge in [-0.15, -0.1) is 0 Å². The molecule has 0 spiro atoms. The van der Waals surface area contributed by atoms with Crippen molar-refractivity contribution in [1.29, 1.82) is 0 Å². The zero-order chi connectivity index (χ0) is 11.5. The fraction of sp³-hybridized carbons (Fsp3) is 1.00. The molecule has 6 N–H and O–H groups in total. The van der Waals surface area contributed by atoms with Gasteiger partial charge in [-0.2, -0.15) is 0 Å². The average Bonchev–Trinajstić information content (AvgIpc) is 2.58. The number of nitrogens with two attached hydrogens (primary N) is 1. The number of aliphatic hydroxyl groups is 4. The highest BCUT2D eigenvalue weighted by molar-refractivity contribution is 4.98. The summed E-state index contributed by atoms with van der Waals surface area (Å²) < 4.78 is 5.10. The van der Waals surface area contributed by atoms with E-state index in [9.17, 15) is 15.3 Å². The van der Waals surface area contributed by atoms with Crippen LogP contribution in [0.25, 0.3) is 0 Å². The second-order valence-electron chi connectivity index (χ2n) is 3.63. The highest BCUT2D eigenvalue weighted by Gasteiger charge is 2.50. The molecule has 0 amide bonds. The Morgan fingerprint density at radius 2 is 2.07 bits per heavy atom. The van der Waals surface area contributed by atoms with E-state index >= 15 is 0 Å². The Morgan fingerprint density at radius 3 is 2.40 bits per heavy atom. The lowest BCUT2D eigenvalue weighted by atomic mass is 9.89. The Bertz CT molecular complexity index is 198. The molecule has 0 aliphatic carbocycles. The van der Waals surface area contributed by atoms with Gasteiger partial charge in [-0.25, -0.2) is 5.90 Å². The molecule has 15 heavy (non-hydrogen) atoms. The highest BCUT2D eigenvalue weighted by atomic mass is 16.7. The summed E-state index contributed by atoms with van der Waals surface area (Å²) in [5, 5.41) is 36.9. The summed E-state index contributed by atoms with van der Waals surface area (Å²) in [6.07, 6.45) is -3.16. The van der Waals surface area contributed by atoms with Crippen LogP contribution in [0, 0.1) is 0 Å².